The van der Waals surface area contributed by atoms with Gasteiger partial charge in [0, 0.05) is 0 Å². The molecule has 1 N–H and O–H groups in total. The maximum absolute atomic E-state index is 11.8. The number of amides is 1. The summed E-state index contributed by atoms with van der Waals surface area (Å²) in [6, 6.07) is 11.6. The van der Waals surface area contributed by atoms with E-state index in [1.54, 1.807) is 42.5 Å². The minimum absolute atomic E-state index is 0.215. The predicted molar refractivity (Wildman–Crippen MR) is 99.2 cm³/mol. The van der Waals surface area contributed by atoms with Gasteiger partial charge in [0.05, 0.1) is 22.3 Å². The number of esters is 1. The molecule has 2 aromatic carbocycles. The highest BCUT2D eigenvalue weighted by Crippen LogP contribution is 2.29. The largest absolute Gasteiger partial charge is 0.494 e. The van der Waals surface area contributed by atoms with E-state index in [4.69, 9.17) is 37.4 Å². The van der Waals surface area contributed by atoms with Crippen LogP contribution in [0.2, 0.25) is 10.0 Å². The third kappa shape index (κ3) is 6.13. The molecule has 0 fully saturated rings. The van der Waals surface area contributed by atoms with Gasteiger partial charge in [0.2, 0.25) is 0 Å². The van der Waals surface area contributed by atoms with Crippen molar-refractivity contribution >= 4 is 40.8 Å². The summed E-state index contributed by atoms with van der Waals surface area (Å²) in [5.41, 5.74) is 0.339. The van der Waals surface area contributed by atoms with E-state index >= 15 is 0 Å². The van der Waals surface area contributed by atoms with Gasteiger partial charge < -0.3 is 19.5 Å². The standard InChI is InChI=1S/C18H17Cl2NO5/c1-2-24-12-6-8-13(9-7-12)25-11-17(23)26-10-16(22)21-15-5-3-4-14(19)18(15)20/h3-9H,2,10-11H2,1H3,(H,21,22). The van der Waals surface area contributed by atoms with Crippen LogP contribution < -0.4 is 14.8 Å². The second-order valence-corrected chi connectivity index (χ2v) is 5.79. The van der Waals surface area contributed by atoms with Gasteiger partial charge in [0.15, 0.2) is 13.2 Å². The smallest absolute Gasteiger partial charge is 0.344 e. The summed E-state index contributed by atoms with van der Waals surface area (Å²) in [7, 11) is 0. The van der Waals surface area contributed by atoms with Crippen molar-refractivity contribution in [2.45, 2.75) is 6.92 Å². The summed E-state index contributed by atoms with van der Waals surface area (Å²) >= 11 is 11.8. The van der Waals surface area contributed by atoms with Crippen LogP contribution in [0, 0.1) is 0 Å². The van der Waals surface area contributed by atoms with Crippen molar-refractivity contribution in [2.75, 3.05) is 25.1 Å². The Morgan fingerprint density at radius 1 is 0.962 bits per heavy atom. The summed E-state index contributed by atoms with van der Waals surface area (Å²) < 4.78 is 15.4. The molecule has 0 heterocycles. The second-order valence-electron chi connectivity index (χ2n) is 5.00. The Hall–Kier alpha value is -2.44. The highest BCUT2D eigenvalue weighted by molar-refractivity contribution is 6.44. The Morgan fingerprint density at radius 2 is 1.62 bits per heavy atom. The van der Waals surface area contributed by atoms with Gasteiger partial charge in [-0.25, -0.2) is 4.79 Å². The van der Waals surface area contributed by atoms with Crippen LogP contribution in [-0.4, -0.2) is 31.7 Å². The first-order valence-corrected chi connectivity index (χ1v) is 8.50. The number of halogens is 2. The zero-order valence-corrected chi connectivity index (χ0v) is 15.5. The van der Waals surface area contributed by atoms with Crippen molar-refractivity contribution in [3.05, 3.63) is 52.5 Å². The quantitative estimate of drug-likeness (QED) is 0.682. The van der Waals surface area contributed by atoms with Crippen molar-refractivity contribution in [1.29, 1.82) is 0 Å². The maximum Gasteiger partial charge on any atom is 0.344 e. The summed E-state index contributed by atoms with van der Waals surface area (Å²) in [6.45, 7) is 1.67. The number of hydrogen-bond donors (Lipinski definition) is 1. The monoisotopic (exact) mass is 397 g/mol. The first-order chi connectivity index (χ1) is 12.5. The number of anilines is 1. The van der Waals surface area contributed by atoms with Crippen molar-refractivity contribution in [1.82, 2.24) is 0 Å². The van der Waals surface area contributed by atoms with E-state index in [-0.39, 0.29) is 11.6 Å². The first kappa shape index (κ1) is 19.9. The fourth-order valence-electron chi connectivity index (χ4n) is 1.92. The molecule has 0 unspecified atom stereocenters. The summed E-state index contributed by atoms with van der Waals surface area (Å²) in [5, 5.41) is 3.04. The molecule has 0 aliphatic rings. The van der Waals surface area contributed by atoms with Crippen LogP contribution in [0.5, 0.6) is 11.5 Å². The van der Waals surface area contributed by atoms with E-state index in [1.807, 2.05) is 6.92 Å². The molecular formula is C18H17Cl2NO5. The lowest BCUT2D eigenvalue weighted by molar-refractivity contribution is -0.149. The highest BCUT2D eigenvalue weighted by atomic mass is 35.5. The van der Waals surface area contributed by atoms with E-state index < -0.39 is 18.5 Å². The van der Waals surface area contributed by atoms with E-state index in [9.17, 15) is 9.59 Å². The van der Waals surface area contributed by atoms with Crippen LogP contribution in [0.15, 0.2) is 42.5 Å². The molecule has 26 heavy (non-hydrogen) atoms. The van der Waals surface area contributed by atoms with Crippen molar-refractivity contribution in [2.24, 2.45) is 0 Å². The van der Waals surface area contributed by atoms with Gasteiger partial charge in [0.1, 0.15) is 11.5 Å². The van der Waals surface area contributed by atoms with Gasteiger partial charge in [-0.1, -0.05) is 29.3 Å². The van der Waals surface area contributed by atoms with Crippen LogP contribution >= 0.6 is 23.2 Å². The summed E-state index contributed by atoms with van der Waals surface area (Å²) in [5.74, 6) is -0.0193. The molecule has 0 atom stereocenters. The molecule has 0 saturated carbocycles. The number of ether oxygens (including phenoxy) is 3. The normalized spacial score (nSPS) is 10.1. The van der Waals surface area contributed by atoms with Crippen LogP contribution in [0.3, 0.4) is 0 Å². The molecule has 0 spiro atoms. The maximum atomic E-state index is 11.8. The topological polar surface area (TPSA) is 73.9 Å². The molecule has 0 aliphatic heterocycles. The van der Waals surface area contributed by atoms with Crippen molar-refractivity contribution in [3.63, 3.8) is 0 Å². The van der Waals surface area contributed by atoms with E-state index in [0.29, 0.717) is 28.8 Å². The number of carbonyl (C=O) groups is 2. The number of carbonyl (C=O) groups excluding carboxylic acids is 2. The molecule has 0 bridgehead atoms. The van der Waals surface area contributed by atoms with Crippen LogP contribution in [-0.2, 0) is 14.3 Å². The molecule has 0 aromatic heterocycles. The lowest BCUT2D eigenvalue weighted by atomic mass is 10.3. The van der Waals surface area contributed by atoms with Gasteiger partial charge in [-0.2, -0.15) is 0 Å². The van der Waals surface area contributed by atoms with Gasteiger partial charge in [-0.3, -0.25) is 4.79 Å². The number of rotatable bonds is 8. The average Bonchev–Trinajstić information content (AvgIpc) is 2.63. The molecule has 2 aromatic rings. The molecule has 0 saturated heterocycles. The van der Waals surface area contributed by atoms with Gasteiger partial charge >= 0.3 is 5.97 Å². The lowest BCUT2D eigenvalue weighted by Gasteiger charge is -2.10. The van der Waals surface area contributed by atoms with E-state index in [0.717, 1.165) is 0 Å². The molecule has 138 valence electrons. The third-order valence-electron chi connectivity index (χ3n) is 3.08. The SMILES string of the molecule is CCOc1ccc(OCC(=O)OCC(=O)Nc2cccc(Cl)c2Cl)cc1. The molecule has 0 radical (unpaired) electrons. The molecule has 8 heteroatoms. The Balaban J connectivity index is 1.74. The highest BCUT2D eigenvalue weighted by Gasteiger charge is 2.11. The summed E-state index contributed by atoms with van der Waals surface area (Å²) in [6.07, 6.45) is 0. The minimum Gasteiger partial charge on any atom is -0.494 e. The van der Waals surface area contributed by atoms with Gasteiger partial charge in [-0.15, -0.1) is 0 Å². The Bertz CT molecular complexity index is 765. The number of benzene rings is 2. The van der Waals surface area contributed by atoms with Crippen LogP contribution in [0.1, 0.15) is 6.92 Å². The molecule has 6 nitrogen and oxygen atoms in total. The Morgan fingerprint density at radius 3 is 2.27 bits per heavy atom. The van der Waals surface area contributed by atoms with E-state index in [2.05, 4.69) is 5.32 Å². The van der Waals surface area contributed by atoms with Gasteiger partial charge in [0.25, 0.3) is 5.91 Å². The van der Waals surface area contributed by atoms with E-state index in [1.165, 1.54) is 0 Å². The van der Waals surface area contributed by atoms with Crippen LogP contribution in [0.4, 0.5) is 5.69 Å². The fourth-order valence-corrected chi connectivity index (χ4v) is 2.26. The minimum atomic E-state index is -0.675. The summed E-state index contributed by atoms with van der Waals surface area (Å²) in [4.78, 5) is 23.5. The zero-order chi connectivity index (χ0) is 18.9. The Labute approximate surface area is 160 Å². The third-order valence-corrected chi connectivity index (χ3v) is 3.90. The molecular weight excluding hydrogens is 381 g/mol. The first-order valence-electron chi connectivity index (χ1n) is 7.74. The van der Waals surface area contributed by atoms with Crippen LogP contribution in [0.25, 0.3) is 0 Å². The number of hydrogen-bond acceptors (Lipinski definition) is 5. The second kappa shape index (κ2) is 9.89. The fraction of sp³-hybridized carbons (Fsp3) is 0.222. The number of nitrogens with one attached hydrogen (secondary N) is 1. The average molecular weight is 398 g/mol. The molecule has 2 rings (SSSR count). The Kier molecular flexibility index (Phi) is 7.56. The predicted octanol–water partition coefficient (Wildman–Crippen LogP) is 3.95. The van der Waals surface area contributed by atoms with Gasteiger partial charge in [-0.05, 0) is 43.3 Å². The molecule has 0 aliphatic carbocycles. The van der Waals surface area contributed by atoms with Crippen molar-refractivity contribution in [3.8, 4) is 11.5 Å². The van der Waals surface area contributed by atoms with Crippen molar-refractivity contribution < 1.29 is 23.8 Å². The zero-order valence-electron chi connectivity index (χ0n) is 14.0. The molecule has 1 amide bonds. The lowest BCUT2D eigenvalue weighted by Crippen LogP contribution is -2.23.